The molecule has 0 radical (unpaired) electrons. The van der Waals surface area contributed by atoms with E-state index in [0.717, 1.165) is 29.9 Å². The second-order valence-electron chi connectivity index (χ2n) is 4.70. The molecule has 0 bridgehead atoms. The summed E-state index contributed by atoms with van der Waals surface area (Å²) in [6.07, 6.45) is 4.11. The number of rotatable bonds is 7. The van der Waals surface area contributed by atoms with Crippen molar-refractivity contribution in [3.8, 4) is 0 Å². The molecular weight excluding hydrogens is 250 g/mol. The Balaban J connectivity index is 1.90. The third-order valence-corrected chi connectivity index (χ3v) is 3.00. The maximum Gasteiger partial charge on any atom is 0.0962 e. The third kappa shape index (κ3) is 4.24. The fourth-order valence-electron chi connectivity index (χ4n) is 1.91. The molecule has 4 heteroatoms. The van der Waals surface area contributed by atoms with E-state index in [-0.39, 0.29) is 0 Å². The Morgan fingerprint density at radius 1 is 1.10 bits per heavy atom. The molecule has 1 aromatic carbocycles. The number of nitrogens with zero attached hydrogens (tertiary/aromatic N) is 1. The van der Waals surface area contributed by atoms with Gasteiger partial charge in [0.2, 0.25) is 0 Å². The summed E-state index contributed by atoms with van der Waals surface area (Å²) >= 11 is 0. The standard InChI is InChI=1S/C16H21N3O/c1-2-8-18-14-9-15(11-17-10-14)19-12-16(20)13-6-4-3-5-7-13/h3-7,9-11,16,18-20H,2,8,12H2,1H3. The Morgan fingerprint density at radius 3 is 2.50 bits per heavy atom. The quantitative estimate of drug-likeness (QED) is 0.724. The Kier molecular flexibility index (Phi) is 5.38. The van der Waals surface area contributed by atoms with Gasteiger partial charge in [0.15, 0.2) is 0 Å². The highest BCUT2D eigenvalue weighted by atomic mass is 16.3. The van der Waals surface area contributed by atoms with Gasteiger partial charge in [0.25, 0.3) is 0 Å². The number of nitrogens with one attached hydrogen (secondary N) is 2. The Hall–Kier alpha value is -2.07. The fourth-order valence-corrected chi connectivity index (χ4v) is 1.91. The fraction of sp³-hybridized carbons (Fsp3) is 0.312. The molecule has 0 aliphatic heterocycles. The highest BCUT2D eigenvalue weighted by molar-refractivity contribution is 5.54. The zero-order valence-electron chi connectivity index (χ0n) is 11.7. The number of hydrogen-bond donors (Lipinski definition) is 3. The first-order chi connectivity index (χ1) is 9.79. The molecule has 1 aromatic heterocycles. The summed E-state index contributed by atoms with van der Waals surface area (Å²) in [4.78, 5) is 4.18. The van der Waals surface area contributed by atoms with Gasteiger partial charge in [-0.25, -0.2) is 0 Å². The van der Waals surface area contributed by atoms with Gasteiger partial charge < -0.3 is 15.7 Å². The van der Waals surface area contributed by atoms with Crippen LogP contribution in [-0.4, -0.2) is 23.2 Å². The van der Waals surface area contributed by atoms with Gasteiger partial charge in [-0.05, 0) is 18.1 Å². The van der Waals surface area contributed by atoms with E-state index >= 15 is 0 Å². The van der Waals surface area contributed by atoms with Gasteiger partial charge in [0.05, 0.1) is 29.9 Å². The van der Waals surface area contributed by atoms with Gasteiger partial charge in [0, 0.05) is 13.1 Å². The van der Waals surface area contributed by atoms with E-state index in [1.807, 2.05) is 36.4 Å². The number of pyridine rings is 1. The number of aliphatic hydroxyl groups excluding tert-OH is 1. The van der Waals surface area contributed by atoms with Crippen LogP contribution in [0.4, 0.5) is 11.4 Å². The van der Waals surface area contributed by atoms with Crippen molar-refractivity contribution in [2.45, 2.75) is 19.4 Å². The smallest absolute Gasteiger partial charge is 0.0962 e. The Bertz CT molecular complexity index is 516. The summed E-state index contributed by atoms with van der Waals surface area (Å²) in [6.45, 7) is 3.51. The maximum absolute atomic E-state index is 10.1. The molecule has 0 saturated carbocycles. The number of hydrogen-bond acceptors (Lipinski definition) is 4. The lowest BCUT2D eigenvalue weighted by Gasteiger charge is -2.13. The van der Waals surface area contributed by atoms with Crippen molar-refractivity contribution >= 4 is 11.4 Å². The number of benzene rings is 1. The van der Waals surface area contributed by atoms with Gasteiger partial charge in [-0.15, -0.1) is 0 Å². The van der Waals surface area contributed by atoms with E-state index < -0.39 is 6.10 Å². The molecule has 2 rings (SSSR count). The van der Waals surface area contributed by atoms with Crippen LogP contribution in [0.1, 0.15) is 25.0 Å². The van der Waals surface area contributed by atoms with E-state index in [9.17, 15) is 5.11 Å². The predicted molar refractivity (Wildman–Crippen MR) is 82.9 cm³/mol. The summed E-state index contributed by atoms with van der Waals surface area (Å²) in [7, 11) is 0. The van der Waals surface area contributed by atoms with Crippen LogP contribution < -0.4 is 10.6 Å². The average molecular weight is 271 g/mol. The monoisotopic (exact) mass is 271 g/mol. The molecule has 1 atom stereocenters. The molecular formula is C16H21N3O. The van der Waals surface area contributed by atoms with Crippen molar-refractivity contribution in [2.75, 3.05) is 23.7 Å². The molecule has 1 unspecified atom stereocenters. The molecule has 0 aliphatic carbocycles. The highest BCUT2D eigenvalue weighted by Gasteiger charge is 2.06. The van der Waals surface area contributed by atoms with Gasteiger partial charge in [-0.1, -0.05) is 37.3 Å². The van der Waals surface area contributed by atoms with Crippen molar-refractivity contribution in [1.82, 2.24) is 4.98 Å². The lowest BCUT2D eigenvalue weighted by molar-refractivity contribution is 0.191. The SMILES string of the molecule is CCCNc1cncc(NCC(O)c2ccccc2)c1. The zero-order chi connectivity index (χ0) is 14.2. The van der Waals surface area contributed by atoms with Gasteiger partial charge in [-0.2, -0.15) is 0 Å². The molecule has 106 valence electrons. The molecule has 3 N–H and O–H groups in total. The minimum Gasteiger partial charge on any atom is -0.387 e. The second kappa shape index (κ2) is 7.50. The minimum atomic E-state index is -0.525. The van der Waals surface area contributed by atoms with Crippen LogP contribution in [0.2, 0.25) is 0 Å². The predicted octanol–water partition coefficient (Wildman–Crippen LogP) is 3.05. The summed E-state index contributed by atoms with van der Waals surface area (Å²) in [6, 6.07) is 11.6. The van der Waals surface area contributed by atoms with E-state index in [0.29, 0.717) is 6.54 Å². The van der Waals surface area contributed by atoms with E-state index in [1.165, 1.54) is 0 Å². The topological polar surface area (TPSA) is 57.2 Å². The van der Waals surface area contributed by atoms with Crippen LogP contribution in [0.3, 0.4) is 0 Å². The van der Waals surface area contributed by atoms with Crippen LogP contribution >= 0.6 is 0 Å². The number of anilines is 2. The average Bonchev–Trinajstić information content (AvgIpc) is 2.52. The third-order valence-electron chi connectivity index (χ3n) is 3.00. The van der Waals surface area contributed by atoms with Crippen LogP contribution in [0, 0.1) is 0 Å². The molecule has 0 amide bonds. The molecule has 0 fully saturated rings. The van der Waals surface area contributed by atoms with Crippen molar-refractivity contribution < 1.29 is 5.11 Å². The second-order valence-corrected chi connectivity index (χ2v) is 4.70. The molecule has 20 heavy (non-hydrogen) atoms. The first-order valence-corrected chi connectivity index (χ1v) is 6.95. The van der Waals surface area contributed by atoms with Crippen molar-refractivity contribution in [3.63, 3.8) is 0 Å². The lowest BCUT2D eigenvalue weighted by Crippen LogP contribution is -2.12. The van der Waals surface area contributed by atoms with E-state index in [4.69, 9.17) is 0 Å². The summed E-state index contributed by atoms with van der Waals surface area (Å²) in [5.74, 6) is 0. The first-order valence-electron chi connectivity index (χ1n) is 6.95. The summed E-state index contributed by atoms with van der Waals surface area (Å²) in [5, 5.41) is 16.6. The summed E-state index contributed by atoms with van der Waals surface area (Å²) in [5.41, 5.74) is 2.81. The lowest BCUT2D eigenvalue weighted by atomic mass is 10.1. The largest absolute Gasteiger partial charge is 0.387 e. The van der Waals surface area contributed by atoms with E-state index in [2.05, 4.69) is 22.5 Å². The molecule has 1 heterocycles. The van der Waals surface area contributed by atoms with Crippen molar-refractivity contribution in [2.24, 2.45) is 0 Å². The molecule has 0 saturated heterocycles. The van der Waals surface area contributed by atoms with E-state index in [1.54, 1.807) is 12.4 Å². The number of aliphatic hydroxyl groups is 1. The molecule has 2 aromatic rings. The van der Waals surface area contributed by atoms with Crippen LogP contribution in [0.25, 0.3) is 0 Å². The maximum atomic E-state index is 10.1. The highest BCUT2D eigenvalue weighted by Crippen LogP contribution is 2.16. The summed E-state index contributed by atoms with van der Waals surface area (Å²) < 4.78 is 0. The van der Waals surface area contributed by atoms with Crippen LogP contribution in [-0.2, 0) is 0 Å². The van der Waals surface area contributed by atoms with Crippen LogP contribution in [0.15, 0.2) is 48.8 Å². The first kappa shape index (κ1) is 14.3. The molecule has 0 spiro atoms. The normalized spacial score (nSPS) is 11.9. The number of aromatic nitrogens is 1. The van der Waals surface area contributed by atoms with Gasteiger partial charge >= 0.3 is 0 Å². The van der Waals surface area contributed by atoms with Gasteiger partial charge in [0.1, 0.15) is 0 Å². The van der Waals surface area contributed by atoms with Crippen LogP contribution in [0.5, 0.6) is 0 Å². The Morgan fingerprint density at radius 2 is 1.80 bits per heavy atom. The molecule has 0 aliphatic rings. The Labute approximate surface area is 119 Å². The van der Waals surface area contributed by atoms with Crippen molar-refractivity contribution in [1.29, 1.82) is 0 Å². The zero-order valence-corrected chi connectivity index (χ0v) is 11.7. The minimum absolute atomic E-state index is 0.461. The van der Waals surface area contributed by atoms with Gasteiger partial charge in [-0.3, -0.25) is 4.98 Å². The van der Waals surface area contributed by atoms with Crippen molar-refractivity contribution in [3.05, 3.63) is 54.4 Å². The molecule has 4 nitrogen and oxygen atoms in total.